The Morgan fingerprint density at radius 3 is 1.79 bits per heavy atom. The maximum absolute atomic E-state index is 8.45. The lowest BCUT2D eigenvalue weighted by Gasteiger charge is -2.29. The normalized spacial score (nSPS) is 21.1. The lowest BCUT2D eigenvalue weighted by Crippen LogP contribution is -2.36. The molecule has 2 aromatic rings. The molecule has 0 bridgehead atoms. The molecule has 1 aliphatic rings. The summed E-state index contributed by atoms with van der Waals surface area (Å²) in [6.45, 7) is 2.14. The van der Waals surface area contributed by atoms with Gasteiger partial charge in [-0.1, -0.05) is 60.7 Å². The Kier molecular flexibility index (Phi) is 2.86. The molecule has 1 saturated heterocycles. The molecular formula is C17H18N2. The molecule has 1 atom stereocenters. The van der Waals surface area contributed by atoms with E-state index in [0.29, 0.717) is 11.9 Å². The molecule has 2 nitrogen and oxygen atoms in total. The second-order valence-corrected chi connectivity index (χ2v) is 5.26. The molecule has 0 aliphatic carbocycles. The summed E-state index contributed by atoms with van der Waals surface area (Å²) < 4.78 is 0. The highest BCUT2D eigenvalue weighted by atomic mass is 15.0. The van der Waals surface area contributed by atoms with Crippen molar-refractivity contribution in [2.75, 3.05) is 0 Å². The number of hydrogen-bond acceptors (Lipinski definition) is 1. The quantitative estimate of drug-likeness (QED) is 0.842. The molecule has 1 fully saturated rings. The molecule has 0 aromatic heterocycles. The lowest BCUT2D eigenvalue weighted by atomic mass is 9.72. The van der Waals surface area contributed by atoms with Gasteiger partial charge in [0.05, 0.1) is 5.41 Å². The van der Waals surface area contributed by atoms with Gasteiger partial charge in [0.25, 0.3) is 0 Å². The van der Waals surface area contributed by atoms with Gasteiger partial charge < -0.3 is 5.32 Å². The molecule has 0 spiro atoms. The summed E-state index contributed by atoms with van der Waals surface area (Å²) in [6.07, 6.45) is 0.930. The highest BCUT2D eigenvalue weighted by Gasteiger charge is 2.45. The molecule has 1 heterocycles. The molecule has 96 valence electrons. The Hall–Kier alpha value is -2.09. The number of hydrogen-bond donors (Lipinski definition) is 2. The lowest BCUT2D eigenvalue weighted by molar-refractivity contribution is 0.591. The first kappa shape index (κ1) is 12.0. The van der Waals surface area contributed by atoms with Gasteiger partial charge in [-0.05, 0) is 24.5 Å². The summed E-state index contributed by atoms with van der Waals surface area (Å²) in [4.78, 5) is 0. The van der Waals surface area contributed by atoms with Gasteiger partial charge >= 0.3 is 0 Å². The maximum atomic E-state index is 8.45. The zero-order valence-electron chi connectivity index (χ0n) is 11.1. The van der Waals surface area contributed by atoms with Crippen LogP contribution in [0.15, 0.2) is 60.7 Å². The van der Waals surface area contributed by atoms with E-state index < -0.39 is 0 Å². The fourth-order valence-electron chi connectivity index (χ4n) is 3.12. The van der Waals surface area contributed by atoms with Crippen molar-refractivity contribution in [1.82, 2.24) is 5.32 Å². The fourth-order valence-corrected chi connectivity index (χ4v) is 3.12. The van der Waals surface area contributed by atoms with E-state index in [1.807, 2.05) is 12.1 Å². The Balaban J connectivity index is 2.20. The van der Waals surface area contributed by atoms with E-state index in [-0.39, 0.29) is 5.41 Å². The van der Waals surface area contributed by atoms with Gasteiger partial charge in [0.15, 0.2) is 0 Å². The van der Waals surface area contributed by atoms with Crippen molar-refractivity contribution in [3.05, 3.63) is 71.8 Å². The van der Waals surface area contributed by atoms with Crippen LogP contribution in [-0.2, 0) is 5.41 Å². The van der Waals surface area contributed by atoms with Crippen LogP contribution in [0.5, 0.6) is 0 Å². The van der Waals surface area contributed by atoms with Crippen LogP contribution in [0.3, 0.4) is 0 Å². The highest BCUT2D eigenvalue weighted by molar-refractivity contribution is 5.96. The number of rotatable bonds is 2. The van der Waals surface area contributed by atoms with E-state index in [9.17, 15) is 0 Å². The van der Waals surface area contributed by atoms with Crippen LogP contribution in [0.25, 0.3) is 0 Å². The van der Waals surface area contributed by atoms with Gasteiger partial charge in [0.2, 0.25) is 0 Å². The van der Waals surface area contributed by atoms with Gasteiger partial charge in [-0.25, -0.2) is 0 Å². The van der Waals surface area contributed by atoms with Gasteiger partial charge in [0, 0.05) is 6.04 Å². The Labute approximate surface area is 114 Å². The SMILES string of the molecule is C[C@H]1CC(c2ccccc2)(c2ccccc2)C(=N)N1. The fraction of sp³-hybridized carbons (Fsp3) is 0.235. The summed E-state index contributed by atoms with van der Waals surface area (Å²) in [5, 5.41) is 11.7. The van der Waals surface area contributed by atoms with Crippen LogP contribution in [0, 0.1) is 5.41 Å². The number of nitrogens with one attached hydrogen (secondary N) is 2. The van der Waals surface area contributed by atoms with Crippen molar-refractivity contribution < 1.29 is 0 Å². The van der Waals surface area contributed by atoms with Crippen LogP contribution in [0.1, 0.15) is 24.5 Å². The zero-order valence-corrected chi connectivity index (χ0v) is 11.1. The minimum atomic E-state index is -0.318. The molecule has 19 heavy (non-hydrogen) atoms. The molecule has 1 aliphatic heterocycles. The largest absolute Gasteiger partial charge is 0.370 e. The topological polar surface area (TPSA) is 35.9 Å². The predicted octanol–water partition coefficient (Wildman–Crippen LogP) is 3.33. The summed E-state index contributed by atoms with van der Waals surface area (Å²) in [6, 6.07) is 21.1. The summed E-state index contributed by atoms with van der Waals surface area (Å²) in [5.41, 5.74) is 2.08. The van der Waals surface area contributed by atoms with Gasteiger partial charge in [-0.2, -0.15) is 0 Å². The Bertz CT molecular complexity index is 535. The molecule has 0 amide bonds. The van der Waals surface area contributed by atoms with Crippen LogP contribution < -0.4 is 5.32 Å². The minimum Gasteiger partial charge on any atom is -0.370 e. The van der Waals surface area contributed by atoms with Crippen LogP contribution in [0.4, 0.5) is 0 Å². The standard InChI is InChI=1S/C17H18N2/c1-13-12-17(16(18)19-13,14-8-4-2-5-9-14)15-10-6-3-7-11-15/h2-11,13H,12H2,1H3,(H2,18,19)/t13-/m0/s1. The van der Waals surface area contributed by atoms with Crippen molar-refractivity contribution in [1.29, 1.82) is 5.41 Å². The van der Waals surface area contributed by atoms with Crippen molar-refractivity contribution in [2.45, 2.75) is 24.8 Å². The maximum Gasteiger partial charge on any atom is 0.109 e. The monoisotopic (exact) mass is 250 g/mol. The van der Waals surface area contributed by atoms with E-state index >= 15 is 0 Å². The zero-order chi connectivity index (χ0) is 13.3. The number of amidine groups is 1. The summed E-state index contributed by atoms with van der Waals surface area (Å²) in [7, 11) is 0. The molecule has 2 N–H and O–H groups in total. The Morgan fingerprint density at radius 1 is 0.947 bits per heavy atom. The third-order valence-electron chi connectivity index (χ3n) is 3.96. The summed E-state index contributed by atoms with van der Waals surface area (Å²) >= 11 is 0. The average Bonchev–Trinajstić information content (AvgIpc) is 2.76. The molecule has 2 heteroatoms. The molecule has 0 radical (unpaired) electrons. The minimum absolute atomic E-state index is 0.318. The van der Waals surface area contributed by atoms with Crippen molar-refractivity contribution in [3.63, 3.8) is 0 Å². The van der Waals surface area contributed by atoms with Crippen molar-refractivity contribution in [3.8, 4) is 0 Å². The molecule has 3 rings (SSSR count). The second kappa shape index (κ2) is 4.54. The first-order chi connectivity index (χ1) is 9.23. The van der Waals surface area contributed by atoms with Crippen LogP contribution >= 0.6 is 0 Å². The second-order valence-electron chi connectivity index (χ2n) is 5.26. The van der Waals surface area contributed by atoms with Crippen LogP contribution in [-0.4, -0.2) is 11.9 Å². The number of benzene rings is 2. The van der Waals surface area contributed by atoms with Gasteiger partial charge in [0.1, 0.15) is 5.84 Å². The molecule has 2 aromatic carbocycles. The van der Waals surface area contributed by atoms with Gasteiger partial charge in [-0.3, -0.25) is 5.41 Å². The molecular weight excluding hydrogens is 232 g/mol. The van der Waals surface area contributed by atoms with Gasteiger partial charge in [-0.15, -0.1) is 0 Å². The smallest absolute Gasteiger partial charge is 0.109 e. The van der Waals surface area contributed by atoms with Crippen LogP contribution in [0.2, 0.25) is 0 Å². The van der Waals surface area contributed by atoms with E-state index in [4.69, 9.17) is 5.41 Å². The Morgan fingerprint density at radius 2 is 1.42 bits per heavy atom. The van der Waals surface area contributed by atoms with E-state index in [0.717, 1.165) is 6.42 Å². The van der Waals surface area contributed by atoms with Crippen molar-refractivity contribution >= 4 is 5.84 Å². The third kappa shape index (κ3) is 1.84. The van der Waals surface area contributed by atoms with E-state index in [2.05, 4.69) is 60.8 Å². The average molecular weight is 250 g/mol. The first-order valence-electron chi connectivity index (χ1n) is 6.70. The molecule has 0 unspecified atom stereocenters. The predicted molar refractivity (Wildman–Crippen MR) is 78.6 cm³/mol. The molecule has 0 saturated carbocycles. The van der Waals surface area contributed by atoms with E-state index in [1.165, 1.54) is 11.1 Å². The van der Waals surface area contributed by atoms with E-state index in [1.54, 1.807) is 0 Å². The first-order valence-corrected chi connectivity index (χ1v) is 6.70. The summed E-state index contributed by atoms with van der Waals surface area (Å²) in [5.74, 6) is 0.609. The third-order valence-corrected chi connectivity index (χ3v) is 3.96. The van der Waals surface area contributed by atoms with Crippen molar-refractivity contribution in [2.24, 2.45) is 0 Å². The highest BCUT2D eigenvalue weighted by Crippen LogP contribution is 2.40.